The van der Waals surface area contributed by atoms with Crippen molar-refractivity contribution in [3.63, 3.8) is 0 Å². The van der Waals surface area contributed by atoms with Crippen molar-refractivity contribution < 1.29 is 14.6 Å². The Morgan fingerprint density at radius 2 is 2.15 bits per heavy atom. The summed E-state index contributed by atoms with van der Waals surface area (Å²) in [6.07, 6.45) is 1.27. The Labute approximate surface area is 119 Å². The molecule has 1 fully saturated rings. The van der Waals surface area contributed by atoms with Gasteiger partial charge in [-0.05, 0) is 19.1 Å². The van der Waals surface area contributed by atoms with E-state index in [1.165, 1.54) is 7.11 Å². The number of rotatable bonds is 4. The Hall–Kier alpha value is -1.66. The van der Waals surface area contributed by atoms with Crippen LogP contribution in [0.1, 0.15) is 17.3 Å². The van der Waals surface area contributed by atoms with Crippen LogP contribution in [-0.4, -0.2) is 71.7 Å². The maximum absolute atomic E-state index is 12.4. The van der Waals surface area contributed by atoms with E-state index in [1.807, 2.05) is 0 Å². The average Bonchev–Trinajstić information content (AvgIpc) is 2.46. The molecule has 1 amide bonds. The molecule has 0 unspecified atom stereocenters. The molecule has 1 aromatic rings. The number of hydrogen-bond donors (Lipinski definition) is 1. The molecule has 1 aliphatic rings. The van der Waals surface area contributed by atoms with Crippen LogP contribution in [0.15, 0.2) is 18.3 Å². The number of carbonyl (C=O) groups is 1. The molecule has 1 aromatic heterocycles. The first-order valence-corrected chi connectivity index (χ1v) is 6.80. The maximum Gasteiger partial charge on any atom is 0.259 e. The van der Waals surface area contributed by atoms with Crippen molar-refractivity contribution in [3.05, 3.63) is 23.9 Å². The molecule has 2 rings (SSSR count). The first-order valence-electron chi connectivity index (χ1n) is 6.80. The van der Waals surface area contributed by atoms with E-state index in [1.54, 1.807) is 30.2 Å². The molecule has 20 heavy (non-hydrogen) atoms. The van der Waals surface area contributed by atoms with Crippen LogP contribution in [0.4, 0.5) is 0 Å². The molecule has 2 heterocycles. The van der Waals surface area contributed by atoms with Gasteiger partial charge in [-0.2, -0.15) is 0 Å². The smallest absolute Gasteiger partial charge is 0.259 e. The van der Waals surface area contributed by atoms with Crippen molar-refractivity contribution >= 4 is 5.91 Å². The number of piperazine rings is 1. The zero-order chi connectivity index (χ0) is 14.5. The lowest BCUT2D eigenvalue weighted by Gasteiger charge is -2.35. The standard InChI is InChI=1S/C14H21N3O3/c1-11(18)10-16-6-8-17(9-7-16)14(19)12-4-3-5-15-13(12)20-2/h3-5,11,18H,6-10H2,1-2H3/t11-/m0/s1. The molecule has 6 heteroatoms. The Morgan fingerprint density at radius 3 is 2.75 bits per heavy atom. The molecule has 1 atom stereocenters. The van der Waals surface area contributed by atoms with Crippen LogP contribution in [-0.2, 0) is 0 Å². The number of aromatic nitrogens is 1. The van der Waals surface area contributed by atoms with Gasteiger partial charge in [0.05, 0.1) is 13.2 Å². The van der Waals surface area contributed by atoms with Crippen molar-refractivity contribution in [1.29, 1.82) is 0 Å². The number of aliphatic hydroxyl groups is 1. The fourth-order valence-corrected chi connectivity index (χ4v) is 2.39. The SMILES string of the molecule is COc1ncccc1C(=O)N1CCN(C[C@H](C)O)CC1. The number of amides is 1. The predicted octanol–water partition coefficient (Wildman–Crippen LogP) is 0.229. The van der Waals surface area contributed by atoms with Gasteiger partial charge in [0.2, 0.25) is 5.88 Å². The summed E-state index contributed by atoms with van der Waals surface area (Å²) in [7, 11) is 1.51. The number of pyridine rings is 1. The number of aliphatic hydroxyl groups excluding tert-OH is 1. The fourth-order valence-electron chi connectivity index (χ4n) is 2.39. The van der Waals surface area contributed by atoms with Gasteiger partial charge in [-0.15, -0.1) is 0 Å². The summed E-state index contributed by atoms with van der Waals surface area (Å²) in [6.45, 7) is 5.29. The normalized spacial score (nSPS) is 17.9. The number of methoxy groups -OCH3 is 1. The van der Waals surface area contributed by atoms with Crippen LogP contribution in [0.3, 0.4) is 0 Å². The number of carbonyl (C=O) groups excluding carboxylic acids is 1. The zero-order valence-corrected chi connectivity index (χ0v) is 12.0. The third-order valence-electron chi connectivity index (χ3n) is 3.38. The van der Waals surface area contributed by atoms with Crippen molar-refractivity contribution in [2.24, 2.45) is 0 Å². The second-order valence-electron chi connectivity index (χ2n) is 5.00. The average molecular weight is 279 g/mol. The van der Waals surface area contributed by atoms with Crippen LogP contribution in [0.5, 0.6) is 5.88 Å². The molecular formula is C14H21N3O3. The van der Waals surface area contributed by atoms with Gasteiger partial charge in [-0.3, -0.25) is 9.69 Å². The summed E-state index contributed by atoms with van der Waals surface area (Å²) >= 11 is 0. The Bertz CT molecular complexity index is 457. The lowest BCUT2D eigenvalue weighted by molar-refractivity contribution is 0.0551. The molecule has 1 saturated heterocycles. The number of ether oxygens (including phenoxy) is 1. The van der Waals surface area contributed by atoms with E-state index in [9.17, 15) is 9.90 Å². The summed E-state index contributed by atoms with van der Waals surface area (Å²) in [5.74, 6) is 0.315. The van der Waals surface area contributed by atoms with Gasteiger partial charge in [-0.1, -0.05) is 0 Å². The highest BCUT2D eigenvalue weighted by Crippen LogP contribution is 2.17. The second-order valence-corrected chi connectivity index (χ2v) is 5.00. The van der Waals surface area contributed by atoms with E-state index >= 15 is 0 Å². The Kier molecular flexibility index (Phi) is 4.92. The van der Waals surface area contributed by atoms with Crippen molar-refractivity contribution in [2.75, 3.05) is 39.8 Å². The van der Waals surface area contributed by atoms with Crippen LogP contribution < -0.4 is 4.74 Å². The van der Waals surface area contributed by atoms with E-state index in [0.29, 0.717) is 31.1 Å². The largest absolute Gasteiger partial charge is 0.480 e. The minimum Gasteiger partial charge on any atom is -0.480 e. The van der Waals surface area contributed by atoms with Crippen LogP contribution >= 0.6 is 0 Å². The minimum absolute atomic E-state index is 0.0494. The summed E-state index contributed by atoms with van der Waals surface area (Å²) < 4.78 is 5.13. The van der Waals surface area contributed by atoms with Gasteiger partial charge >= 0.3 is 0 Å². The fraction of sp³-hybridized carbons (Fsp3) is 0.571. The van der Waals surface area contributed by atoms with Crippen LogP contribution in [0.2, 0.25) is 0 Å². The summed E-state index contributed by atoms with van der Waals surface area (Å²) in [5.41, 5.74) is 0.499. The molecule has 1 N–H and O–H groups in total. The highest BCUT2D eigenvalue weighted by Gasteiger charge is 2.24. The second kappa shape index (κ2) is 6.67. The molecule has 0 saturated carbocycles. The highest BCUT2D eigenvalue weighted by molar-refractivity contribution is 5.96. The first-order chi connectivity index (χ1) is 9.61. The maximum atomic E-state index is 12.4. The number of nitrogens with zero attached hydrogens (tertiary/aromatic N) is 3. The molecule has 0 radical (unpaired) electrons. The van der Waals surface area contributed by atoms with Gasteiger partial charge in [0.1, 0.15) is 5.56 Å². The molecular weight excluding hydrogens is 258 g/mol. The lowest BCUT2D eigenvalue weighted by Crippen LogP contribution is -2.50. The zero-order valence-electron chi connectivity index (χ0n) is 12.0. The summed E-state index contributed by atoms with van der Waals surface area (Å²) in [5, 5.41) is 9.38. The predicted molar refractivity (Wildman–Crippen MR) is 74.8 cm³/mol. The molecule has 1 aliphatic heterocycles. The molecule has 110 valence electrons. The number of hydrogen-bond acceptors (Lipinski definition) is 5. The van der Waals surface area contributed by atoms with Crippen LogP contribution in [0.25, 0.3) is 0 Å². The monoisotopic (exact) mass is 279 g/mol. The molecule has 0 aliphatic carbocycles. The van der Waals surface area contributed by atoms with Gasteiger partial charge in [0.15, 0.2) is 0 Å². The summed E-state index contributed by atoms with van der Waals surface area (Å²) in [6, 6.07) is 3.47. The first kappa shape index (κ1) is 14.7. The van der Waals surface area contributed by atoms with E-state index in [4.69, 9.17) is 4.74 Å². The van der Waals surface area contributed by atoms with Crippen molar-refractivity contribution in [1.82, 2.24) is 14.8 Å². The minimum atomic E-state index is -0.337. The van der Waals surface area contributed by atoms with Crippen LogP contribution in [0, 0.1) is 0 Å². The molecule has 6 nitrogen and oxygen atoms in total. The quantitative estimate of drug-likeness (QED) is 0.854. The third kappa shape index (κ3) is 3.46. The Morgan fingerprint density at radius 1 is 1.45 bits per heavy atom. The van der Waals surface area contributed by atoms with E-state index in [-0.39, 0.29) is 12.0 Å². The third-order valence-corrected chi connectivity index (χ3v) is 3.38. The van der Waals surface area contributed by atoms with Gasteiger partial charge in [-0.25, -0.2) is 4.98 Å². The van der Waals surface area contributed by atoms with E-state index in [0.717, 1.165) is 13.1 Å². The van der Waals surface area contributed by atoms with Crippen molar-refractivity contribution in [2.45, 2.75) is 13.0 Å². The topological polar surface area (TPSA) is 65.9 Å². The van der Waals surface area contributed by atoms with Gasteiger partial charge in [0, 0.05) is 38.9 Å². The van der Waals surface area contributed by atoms with Gasteiger partial charge < -0.3 is 14.7 Å². The number of β-amino-alcohol motifs (C(OH)–C–C–N with tert-alkyl or cyclic N) is 1. The van der Waals surface area contributed by atoms with E-state index < -0.39 is 0 Å². The van der Waals surface area contributed by atoms with Gasteiger partial charge in [0.25, 0.3) is 5.91 Å². The van der Waals surface area contributed by atoms with E-state index in [2.05, 4.69) is 9.88 Å². The molecule has 0 spiro atoms. The summed E-state index contributed by atoms with van der Waals surface area (Å²) in [4.78, 5) is 20.5. The lowest BCUT2D eigenvalue weighted by atomic mass is 10.2. The highest BCUT2D eigenvalue weighted by atomic mass is 16.5. The molecule has 0 bridgehead atoms. The molecule has 0 aromatic carbocycles. The Balaban J connectivity index is 1.98. The van der Waals surface area contributed by atoms with Crippen molar-refractivity contribution in [3.8, 4) is 5.88 Å².